The maximum Gasteiger partial charge on any atom is 0.245 e. The van der Waals surface area contributed by atoms with Crippen LogP contribution in [0.2, 0.25) is 0 Å². The van der Waals surface area contributed by atoms with Gasteiger partial charge in [-0.1, -0.05) is 38.8 Å². The molecule has 0 spiro atoms. The molecule has 2 fully saturated rings. The van der Waals surface area contributed by atoms with E-state index in [0.29, 0.717) is 13.0 Å². The van der Waals surface area contributed by atoms with Crippen LogP contribution in [0, 0.1) is 5.41 Å². The number of benzene rings is 1. The van der Waals surface area contributed by atoms with Crippen LogP contribution in [0.1, 0.15) is 58.4 Å². The molecule has 1 aromatic rings. The van der Waals surface area contributed by atoms with Crippen molar-refractivity contribution < 1.29 is 9.53 Å². The molecular formula is C22H37Cl2N3O2. The van der Waals surface area contributed by atoms with Crippen molar-refractivity contribution in [2.45, 2.75) is 71.1 Å². The number of carbonyl (C=O) groups excluding carboxylic acids is 1. The van der Waals surface area contributed by atoms with E-state index in [1.165, 1.54) is 44.3 Å². The van der Waals surface area contributed by atoms with E-state index < -0.39 is 5.54 Å². The molecule has 1 heterocycles. The lowest BCUT2D eigenvalue weighted by molar-refractivity contribution is -0.166. The van der Waals surface area contributed by atoms with Crippen molar-refractivity contribution in [1.29, 1.82) is 0 Å². The number of nitrogens with zero attached hydrogens (tertiary/aromatic N) is 1. The summed E-state index contributed by atoms with van der Waals surface area (Å²) in [6, 6.07) is 8.19. The average molecular weight is 446 g/mol. The Bertz CT molecular complexity index is 646. The second kappa shape index (κ2) is 11.0. The third kappa shape index (κ3) is 5.65. The van der Waals surface area contributed by atoms with Crippen LogP contribution in [-0.2, 0) is 16.1 Å². The molecule has 1 amide bonds. The molecule has 5 nitrogen and oxygen atoms in total. The van der Waals surface area contributed by atoms with Gasteiger partial charge in [0.05, 0.1) is 6.10 Å². The number of anilines is 1. The fourth-order valence-corrected chi connectivity index (χ4v) is 4.31. The van der Waals surface area contributed by atoms with Gasteiger partial charge in [0.25, 0.3) is 0 Å². The zero-order chi connectivity index (χ0) is 19.5. The van der Waals surface area contributed by atoms with Gasteiger partial charge in [0.15, 0.2) is 0 Å². The van der Waals surface area contributed by atoms with Crippen LogP contribution in [-0.4, -0.2) is 42.1 Å². The first kappa shape index (κ1) is 26.2. The molecular weight excluding hydrogens is 409 g/mol. The van der Waals surface area contributed by atoms with Crippen LogP contribution in [0.25, 0.3) is 0 Å². The summed E-state index contributed by atoms with van der Waals surface area (Å²) in [6.45, 7) is 10.00. The summed E-state index contributed by atoms with van der Waals surface area (Å²) in [5.41, 5.74) is 7.29. The standard InChI is InChI=1S/C22H35N3O2.2ClH/c1-4-27-19-15-22(23,21(19,2)3)20(26)24-18-11-9-17(10-12-18)16-25-13-7-5-6-8-14-25;;/h9-12,19H,4-8,13-16,23H2,1-3H3,(H,24,26);2*1H. The fourth-order valence-electron chi connectivity index (χ4n) is 4.31. The van der Waals surface area contributed by atoms with E-state index in [1.807, 2.05) is 32.9 Å². The van der Waals surface area contributed by atoms with Crippen molar-refractivity contribution in [3.63, 3.8) is 0 Å². The smallest absolute Gasteiger partial charge is 0.245 e. The highest BCUT2D eigenvalue weighted by Crippen LogP contribution is 2.50. The number of amides is 1. The minimum absolute atomic E-state index is 0. The third-order valence-electron chi connectivity index (χ3n) is 6.55. The molecule has 2 unspecified atom stereocenters. The Labute approximate surface area is 187 Å². The highest BCUT2D eigenvalue weighted by molar-refractivity contribution is 5.99. The summed E-state index contributed by atoms with van der Waals surface area (Å²) in [5, 5.41) is 3.01. The first-order chi connectivity index (χ1) is 12.9. The highest BCUT2D eigenvalue weighted by Gasteiger charge is 2.62. The van der Waals surface area contributed by atoms with Gasteiger partial charge in [-0.25, -0.2) is 0 Å². The van der Waals surface area contributed by atoms with Crippen LogP contribution >= 0.6 is 24.8 Å². The quantitative estimate of drug-likeness (QED) is 0.681. The zero-order valence-corrected chi connectivity index (χ0v) is 19.5. The summed E-state index contributed by atoms with van der Waals surface area (Å²) in [4.78, 5) is 15.4. The number of halogens is 2. The molecule has 2 atom stereocenters. The Morgan fingerprint density at radius 1 is 1.14 bits per heavy atom. The number of carbonyl (C=O) groups is 1. The van der Waals surface area contributed by atoms with Gasteiger partial charge in [0, 0.05) is 30.7 Å². The maximum atomic E-state index is 12.8. The lowest BCUT2D eigenvalue weighted by Gasteiger charge is -2.57. The number of hydrogen-bond acceptors (Lipinski definition) is 4. The van der Waals surface area contributed by atoms with Gasteiger partial charge < -0.3 is 15.8 Å². The van der Waals surface area contributed by atoms with Crippen LogP contribution in [0.4, 0.5) is 5.69 Å². The van der Waals surface area contributed by atoms with Gasteiger partial charge >= 0.3 is 0 Å². The molecule has 1 aliphatic carbocycles. The second-order valence-corrected chi connectivity index (χ2v) is 8.68. The van der Waals surface area contributed by atoms with Crippen molar-refractivity contribution in [3.05, 3.63) is 29.8 Å². The van der Waals surface area contributed by atoms with Gasteiger partial charge in [-0.05, 0) is 50.6 Å². The van der Waals surface area contributed by atoms with Gasteiger partial charge in [0.1, 0.15) is 5.54 Å². The normalized spacial score (nSPS) is 26.3. The van der Waals surface area contributed by atoms with Crippen molar-refractivity contribution in [2.75, 3.05) is 25.0 Å². The summed E-state index contributed by atoms with van der Waals surface area (Å²) >= 11 is 0. The second-order valence-electron chi connectivity index (χ2n) is 8.68. The van der Waals surface area contributed by atoms with E-state index in [4.69, 9.17) is 10.5 Å². The largest absolute Gasteiger partial charge is 0.378 e. The average Bonchev–Trinajstić information content (AvgIpc) is 2.91. The summed E-state index contributed by atoms with van der Waals surface area (Å²) in [7, 11) is 0. The van der Waals surface area contributed by atoms with Gasteiger partial charge in [-0.2, -0.15) is 0 Å². The molecule has 3 rings (SSSR count). The third-order valence-corrected chi connectivity index (χ3v) is 6.55. The zero-order valence-electron chi connectivity index (χ0n) is 17.9. The molecule has 0 bridgehead atoms. The van der Waals surface area contributed by atoms with Gasteiger partial charge in [0.2, 0.25) is 5.91 Å². The summed E-state index contributed by atoms with van der Waals surface area (Å²) in [6.07, 6.45) is 5.89. The number of ether oxygens (including phenoxy) is 1. The molecule has 0 radical (unpaired) electrons. The topological polar surface area (TPSA) is 67.6 Å². The number of hydrogen-bond donors (Lipinski definition) is 2. The minimum Gasteiger partial charge on any atom is -0.378 e. The van der Waals surface area contributed by atoms with Crippen molar-refractivity contribution in [3.8, 4) is 0 Å². The Hall–Kier alpha value is -0.850. The van der Waals surface area contributed by atoms with Crippen molar-refractivity contribution in [2.24, 2.45) is 11.1 Å². The van der Waals surface area contributed by atoms with E-state index in [1.54, 1.807) is 0 Å². The van der Waals surface area contributed by atoms with Crippen molar-refractivity contribution >= 4 is 36.4 Å². The lowest BCUT2D eigenvalue weighted by Crippen LogP contribution is -2.74. The highest BCUT2D eigenvalue weighted by atomic mass is 35.5. The Morgan fingerprint density at radius 3 is 2.24 bits per heavy atom. The Kier molecular flexibility index (Phi) is 9.90. The Morgan fingerprint density at radius 2 is 1.72 bits per heavy atom. The van der Waals surface area contributed by atoms with E-state index in [9.17, 15) is 4.79 Å². The van der Waals surface area contributed by atoms with Crippen LogP contribution in [0.15, 0.2) is 24.3 Å². The first-order valence-corrected chi connectivity index (χ1v) is 10.4. The minimum atomic E-state index is -0.891. The molecule has 2 aliphatic rings. The van der Waals surface area contributed by atoms with E-state index in [2.05, 4.69) is 22.3 Å². The summed E-state index contributed by atoms with van der Waals surface area (Å²) in [5.74, 6) is -0.122. The molecule has 1 saturated heterocycles. The first-order valence-electron chi connectivity index (χ1n) is 10.4. The molecule has 0 aromatic heterocycles. The molecule has 29 heavy (non-hydrogen) atoms. The van der Waals surface area contributed by atoms with E-state index in [-0.39, 0.29) is 42.2 Å². The molecule has 166 valence electrons. The number of rotatable bonds is 6. The molecule has 7 heteroatoms. The Balaban J connectivity index is 0.00000210. The molecule has 1 aromatic carbocycles. The number of likely N-dealkylation sites (tertiary alicyclic amines) is 1. The predicted molar refractivity (Wildman–Crippen MR) is 124 cm³/mol. The van der Waals surface area contributed by atoms with Crippen LogP contribution < -0.4 is 11.1 Å². The molecule has 1 aliphatic heterocycles. The van der Waals surface area contributed by atoms with E-state index in [0.717, 1.165) is 12.2 Å². The molecule has 1 saturated carbocycles. The lowest BCUT2D eigenvalue weighted by atomic mass is 9.54. The fraction of sp³-hybridized carbons (Fsp3) is 0.682. The SMILES string of the molecule is CCOC1CC(N)(C(=O)Nc2ccc(CN3CCCCCC3)cc2)C1(C)C.Cl.Cl. The summed E-state index contributed by atoms with van der Waals surface area (Å²) < 4.78 is 5.72. The molecule has 3 N–H and O–H groups in total. The van der Waals surface area contributed by atoms with Gasteiger partial charge in [-0.3, -0.25) is 9.69 Å². The van der Waals surface area contributed by atoms with E-state index >= 15 is 0 Å². The number of nitrogens with two attached hydrogens (primary N) is 1. The van der Waals surface area contributed by atoms with Crippen molar-refractivity contribution in [1.82, 2.24) is 4.90 Å². The number of nitrogens with one attached hydrogen (secondary N) is 1. The maximum absolute atomic E-state index is 12.8. The predicted octanol–water partition coefficient (Wildman–Crippen LogP) is 4.38. The monoisotopic (exact) mass is 445 g/mol. The van der Waals surface area contributed by atoms with Crippen LogP contribution in [0.5, 0.6) is 0 Å². The van der Waals surface area contributed by atoms with Crippen LogP contribution in [0.3, 0.4) is 0 Å². The van der Waals surface area contributed by atoms with Gasteiger partial charge in [-0.15, -0.1) is 24.8 Å².